The van der Waals surface area contributed by atoms with E-state index in [0.29, 0.717) is 18.1 Å². The first-order valence-corrected chi connectivity index (χ1v) is 11.9. The third-order valence-corrected chi connectivity index (χ3v) is 6.44. The third-order valence-electron chi connectivity index (χ3n) is 6.09. The molecule has 7 nitrogen and oxygen atoms in total. The Morgan fingerprint density at radius 2 is 1.77 bits per heavy atom. The van der Waals surface area contributed by atoms with E-state index in [0.717, 1.165) is 28.5 Å². The number of pyridine rings is 2. The molecule has 2 atom stereocenters. The summed E-state index contributed by atoms with van der Waals surface area (Å²) in [4.78, 5) is 24.0. The van der Waals surface area contributed by atoms with Crippen molar-refractivity contribution in [2.45, 2.75) is 25.4 Å². The molecule has 1 aromatic carbocycles. The van der Waals surface area contributed by atoms with Gasteiger partial charge in [0.25, 0.3) is 0 Å². The number of nitrogens with zero attached hydrogens (tertiary/aromatic N) is 4. The monoisotopic (exact) mass is 482 g/mol. The van der Waals surface area contributed by atoms with Gasteiger partial charge in [-0.3, -0.25) is 9.78 Å². The van der Waals surface area contributed by atoms with Crippen LogP contribution in [-0.4, -0.2) is 37.0 Å². The molecule has 0 radical (unpaired) electrons. The number of carbonyl (C=O) groups excluding carboxylic acids is 1. The molecule has 0 aliphatic carbocycles. The lowest BCUT2D eigenvalue weighted by Gasteiger charge is -2.28. The van der Waals surface area contributed by atoms with Crippen molar-refractivity contribution in [1.82, 2.24) is 24.8 Å². The van der Waals surface area contributed by atoms with E-state index in [1.54, 1.807) is 12.4 Å². The lowest BCUT2D eigenvalue weighted by atomic mass is 10.0. The minimum atomic E-state index is -0.166. The quantitative estimate of drug-likeness (QED) is 0.376. The Balaban J connectivity index is 1.42. The second-order valence-electron chi connectivity index (χ2n) is 8.48. The molecular weight excluding hydrogens is 456 g/mol. The number of rotatable bonds is 7. The maximum Gasteiger partial charge on any atom is 0.226 e. The SMILES string of the molecule is Cc1ccc(NC(=O)CCN2C(=S)NC(c3ccccn3)C2c2cccn2-c2ccccn2)cc1. The molecule has 2 unspecified atom stereocenters. The van der Waals surface area contributed by atoms with E-state index >= 15 is 0 Å². The van der Waals surface area contributed by atoms with Crippen LogP contribution in [0.25, 0.3) is 5.82 Å². The van der Waals surface area contributed by atoms with Gasteiger partial charge >= 0.3 is 0 Å². The fourth-order valence-electron chi connectivity index (χ4n) is 4.39. The number of amides is 1. The first-order valence-electron chi connectivity index (χ1n) is 11.5. The van der Waals surface area contributed by atoms with Crippen molar-refractivity contribution in [2.75, 3.05) is 11.9 Å². The fourth-order valence-corrected chi connectivity index (χ4v) is 4.72. The molecule has 176 valence electrons. The lowest BCUT2D eigenvalue weighted by Crippen LogP contribution is -2.33. The molecular formula is C27H26N6OS. The van der Waals surface area contributed by atoms with Crippen LogP contribution in [-0.2, 0) is 4.79 Å². The molecule has 1 aliphatic rings. The van der Waals surface area contributed by atoms with Gasteiger partial charge in [-0.15, -0.1) is 0 Å². The second kappa shape index (κ2) is 10.1. The summed E-state index contributed by atoms with van der Waals surface area (Å²) in [5.74, 6) is 0.763. The van der Waals surface area contributed by atoms with Crippen molar-refractivity contribution < 1.29 is 4.79 Å². The average molecular weight is 483 g/mol. The summed E-state index contributed by atoms with van der Waals surface area (Å²) >= 11 is 5.76. The summed E-state index contributed by atoms with van der Waals surface area (Å²) < 4.78 is 2.07. The number of aryl methyl sites for hydroxylation is 1. The minimum Gasteiger partial charge on any atom is -0.352 e. The standard InChI is InChI=1S/C27H26N6OS/c1-19-10-12-20(13-11-19)30-24(34)14-18-33-26(25(31-27(33)35)21-7-2-4-15-28-21)22-8-6-17-32(22)23-9-3-5-16-29-23/h2-13,15-17,25-26H,14,18H2,1H3,(H,30,34)(H,31,35). The van der Waals surface area contributed by atoms with Crippen LogP contribution >= 0.6 is 12.2 Å². The van der Waals surface area contributed by atoms with Crippen molar-refractivity contribution >= 4 is 28.9 Å². The van der Waals surface area contributed by atoms with Crippen LogP contribution < -0.4 is 10.6 Å². The van der Waals surface area contributed by atoms with E-state index in [1.165, 1.54) is 0 Å². The molecule has 0 bridgehead atoms. The zero-order valence-corrected chi connectivity index (χ0v) is 20.2. The number of hydrogen-bond donors (Lipinski definition) is 2. The molecule has 4 aromatic rings. The molecule has 1 amide bonds. The maximum atomic E-state index is 12.8. The van der Waals surface area contributed by atoms with Gasteiger partial charge in [-0.05, 0) is 67.7 Å². The predicted octanol–water partition coefficient (Wildman–Crippen LogP) is 4.58. The Labute approximate surface area is 209 Å². The molecule has 8 heteroatoms. The Morgan fingerprint density at radius 3 is 2.49 bits per heavy atom. The Morgan fingerprint density at radius 1 is 1.00 bits per heavy atom. The van der Waals surface area contributed by atoms with Crippen LogP contribution in [0.2, 0.25) is 0 Å². The Hall–Kier alpha value is -4.04. The summed E-state index contributed by atoms with van der Waals surface area (Å²) in [7, 11) is 0. The molecule has 5 rings (SSSR count). The van der Waals surface area contributed by atoms with Crippen LogP contribution in [0.15, 0.2) is 91.4 Å². The van der Waals surface area contributed by atoms with E-state index in [1.807, 2.05) is 79.9 Å². The predicted molar refractivity (Wildman–Crippen MR) is 140 cm³/mol. The van der Waals surface area contributed by atoms with Gasteiger partial charge in [0.05, 0.1) is 17.8 Å². The molecule has 1 fully saturated rings. The van der Waals surface area contributed by atoms with Crippen molar-refractivity contribution in [1.29, 1.82) is 0 Å². The van der Waals surface area contributed by atoms with Crippen LogP contribution in [0.5, 0.6) is 0 Å². The molecule has 3 aromatic heterocycles. The maximum absolute atomic E-state index is 12.8. The Kier molecular flexibility index (Phi) is 6.54. The number of nitrogens with one attached hydrogen (secondary N) is 2. The summed E-state index contributed by atoms with van der Waals surface area (Å²) in [5.41, 5.74) is 3.84. The van der Waals surface area contributed by atoms with Crippen LogP contribution in [0.1, 0.15) is 35.5 Å². The number of anilines is 1. The molecule has 2 N–H and O–H groups in total. The third kappa shape index (κ3) is 4.93. The summed E-state index contributed by atoms with van der Waals surface area (Å²) in [6.45, 7) is 2.48. The van der Waals surface area contributed by atoms with Gasteiger partial charge in [0.15, 0.2) is 5.11 Å². The zero-order chi connectivity index (χ0) is 24.2. The topological polar surface area (TPSA) is 75.1 Å². The highest BCUT2D eigenvalue weighted by molar-refractivity contribution is 7.80. The number of benzene rings is 1. The van der Waals surface area contributed by atoms with Crippen molar-refractivity contribution in [3.63, 3.8) is 0 Å². The molecule has 1 saturated heterocycles. The van der Waals surface area contributed by atoms with Gasteiger partial charge in [-0.1, -0.05) is 29.8 Å². The van der Waals surface area contributed by atoms with Gasteiger partial charge in [0.2, 0.25) is 5.91 Å². The van der Waals surface area contributed by atoms with Crippen LogP contribution in [0, 0.1) is 6.92 Å². The van der Waals surface area contributed by atoms with Gasteiger partial charge in [0, 0.05) is 42.9 Å². The van der Waals surface area contributed by atoms with Crippen LogP contribution in [0.4, 0.5) is 5.69 Å². The van der Waals surface area contributed by atoms with Crippen molar-refractivity contribution in [3.8, 4) is 5.82 Å². The highest BCUT2D eigenvalue weighted by Crippen LogP contribution is 2.39. The molecule has 4 heterocycles. The normalized spacial score (nSPS) is 17.3. The van der Waals surface area contributed by atoms with E-state index in [4.69, 9.17) is 12.2 Å². The number of hydrogen-bond acceptors (Lipinski definition) is 4. The van der Waals surface area contributed by atoms with Crippen molar-refractivity contribution in [2.24, 2.45) is 0 Å². The zero-order valence-electron chi connectivity index (χ0n) is 19.3. The van der Waals surface area contributed by atoms with E-state index < -0.39 is 0 Å². The van der Waals surface area contributed by atoms with E-state index in [-0.39, 0.29) is 18.0 Å². The smallest absolute Gasteiger partial charge is 0.226 e. The number of aromatic nitrogens is 3. The molecule has 0 spiro atoms. The summed E-state index contributed by atoms with van der Waals surface area (Å²) in [6.07, 6.45) is 5.86. The molecule has 0 saturated carbocycles. The van der Waals surface area contributed by atoms with Gasteiger partial charge in [0.1, 0.15) is 5.82 Å². The first-order chi connectivity index (χ1) is 17.1. The van der Waals surface area contributed by atoms with E-state index in [2.05, 4.69) is 36.1 Å². The lowest BCUT2D eigenvalue weighted by molar-refractivity contribution is -0.116. The highest BCUT2D eigenvalue weighted by atomic mass is 32.1. The van der Waals surface area contributed by atoms with Gasteiger partial charge < -0.3 is 20.1 Å². The van der Waals surface area contributed by atoms with Gasteiger partial charge in [-0.25, -0.2) is 4.98 Å². The highest BCUT2D eigenvalue weighted by Gasteiger charge is 2.41. The Bertz CT molecular complexity index is 1310. The molecule has 35 heavy (non-hydrogen) atoms. The number of thiocarbonyl (C=S) groups is 1. The summed E-state index contributed by atoms with van der Waals surface area (Å²) in [5, 5.41) is 7.03. The second-order valence-corrected chi connectivity index (χ2v) is 8.86. The molecule has 1 aliphatic heterocycles. The average Bonchev–Trinajstić information content (AvgIpc) is 3.49. The fraction of sp³-hybridized carbons (Fsp3) is 0.185. The summed E-state index contributed by atoms with van der Waals surface area (Å²) in [6, 6.07) is 23.2. The van der Waals surface area contributed by atoms with Crippen molar-refractivity contribution in [3.05, 3.63) is 108 Å². The van der Waals surface area contributed by atoms with Gasteiger partial charge in [-0.2, -0.15) is 0 Å². The van der Waals surface area contributed by atoms with E-state index in [9.17, 15) is 4.79 Å². The van der Waals surface area contributed by atoms with Crippen LogP contribution in [0.3, 0.4) is 0 Å². The first kappa shape index (κ1) is 22.7. The largest absolute Gasteiger partial charge is 0.352 e. The minimum absolute atomic E-state index is 0.0585. The number of carbonyl (C=O) groups is 1.